The average Bonchev–Trinajstić information content (AvgIpc) is 3.67. The van der Waals surface area contributed by atoms with Crippen molar-refractivity contribution < 1.29 is 19.1 Å². The summed E-state index contributed by atoms with van der Waals surface area (Å²) >= 11 is 1.48. The van der Waals surface area contributed by atoms with Crippen molar-refractivity contribution in [3.8, 4) is 0 Å². The van der Waals surface area contributed by atoms with Crippen LogP contribution in [0.15, 0.2) is 47.9 Å². The molecule has 2 aliphatic rings. The Kier molecular flexibility index (Phi) is 10.7. The minimum Gasteiger partial charge on any atom is -0.450 e. The van der Waals surface area contributed by atoms with E-state index in [1.54, 1.807) is 17.2 Å². The fraction of sp³-hybridized carbons (Fsp3) is 0.533. The van der Waals surface area contributed by atoms with Crippen LogP contribution in [0.1, 0.15) is 57.4 Å². The number of rotatable bonds is 14. The predicted molar refractivity (Wildman–Crippen MR) is 158 cm³/mol. The van der Waals surface area contributed by atoms with Gasteiger partial charge in [-0.05, 0) is 92.3 Å². The van der Waals surface area contributed by atoms with E-state index in [2.05, 4.69) is 21.6 Å². The Bertz CT molecular complexity index is 1260. The number of pyridine rings is 1. The molecule has 2 fully saturated rings. The SMILES string of the molecule is C=C[C@H](C)C(C(=O)NSC1CC1)C1CCCN1C(=O)CNC(=O)OCCCCCc1ccc2cc[nH]c(=O)c2c1. The van der Waals surface area contributed by atoms with Crippen LogP contribution in [0.25, 0.3) is 10.8 Å². The molecule has 1 saturated heterocycles. The van der Waals surface area contributed by atoms with Crippen LogP contribution < -0.4 is 15.6 Å². The summed E-state index contributed by atoms with van der Waals surface area (Å²) in [5, 5.41) is 4.68. The number of aromatic amines is 1. The van der Waals surface area contributed by atoms with Gasteiger partial charge in [0.1, 0.15) is 6.54 Å². The number of aryl methyl sites for hydroxylation is 1. The van der Waals surface area contributed by atoms with Gasteiger partial charge in [-0.1, -0.05) is 25.1 Å². The standard InChI is InChI=1S/C30H40N4O5S/c1-3-20(2)27(29(37)33-40-23-12-13-23)25-9-7-16-34(25)26(35)19-32-30(38)39-17-6-4-5-8-21-10-11-22-14-15-31-28(36)24(22)18-21/h3,10-11,14-15,18,20,23,25,27H,1,4-9,12-13,16-17,19H2,2H3,(H,31,36)(H,32,38)(H,33,37)/t20-,25?,27?/m0/s1. The minimum atomic E-state index is -0.618. The van der Waals surface area contributed by atoms with Gasteiger partial charge in [0.05, 0.1) is 12.5 Å². The monoisotopic (exact) mass is 568 g/mol. The van der Waals surface area contributed by atoms with Crippen molar-refractivity contribution in [3.63, 3.8) is 0 Å². The van der Waals surface area contributed by atoms with Crippen LogP contribution in [0.2, 0.25) is 0 Å². The van der Waals surface area contributed by atoms with Gasteiger partial charge in [-0.2, -0.15) is 0 Å². The molecule has 0 spiro atoms. The maximum absolute atomic E-state index is 13.0. The number of nitrogens with one attached hydrogen (secondary N) is 3. The normalized spacial score (nSPS) is 18.2. The number of alkyl carbamates (subject to hydrolysis) is 1. The average molecular weight is 569 g/mol. The molecule has 0 radical (unpaired) electrons. The van der Waals surface area contributed by atoms with Crippen molar-refractivity contribution in [2.75, 3.05) is 19.7 Å². The van der Waals surface area contributed by atoms with Crippen molar-refractivity contribution in [2.24, 2.45) is 11.8 Å². The molecule has 1 aromatic heterocycles. The Hall–Kier alpha value is -3.27. The highest BCUT2D eigenvalue weighted by atomic mass is 32.2. The third kappa shape index (κ3) is 8.13. The van der Waals surface area contributed by atoms with Gasteiger partial charge in [-0.15, -0.1) is 6.58 Å². The van der Waals surface area contributed by atoms with Crippen LogP contribution in [-0.4, -0.2) is 58.8 Å². The van der Waals surface area contributed by atoms with Gasteiger partial charge >= 0.3 is 6.09 Å². The molecule has 40 heavy (non-hydrogen) atoms. The quantitative estimate of drug-likeness (QED) is 0.177. The minimum absolute atomic E-state index is 0.0596. The number of unbranched alkanes of at least 4 members (excludes halogenated alkanes) is 2. The molecule has 3 atom stereocenters. The van der Waals surface area contributed by atoms with Crippen molar-refractivity contribution >= 4 is 40.6 Å². The zero-order chi connectivity index (χ0) is 28.5. The first-order chi connectivity index (χ1) is 19.4. The number of aromatic nitrogens is 1. The zero-order valence-electron chi connectivity index (χ0n) is 23.2. The van der Waals surface area contributed by atoms with Gasteiger partial charge < -0.3 is 19.9 Å². The second-order valence-electron chi connectivity index (χ2n) is 10.7. The number of amides is 3. The van der Waals surface area contributed by atoms with Gasteiger partial charge in [-0.25, -0.2) is 4.79 Å². The Balaban J connectivity index is 1.15. The van der Waals surface area contributed by atoms with Crippen LogP contribution in [0.4, 0.5) is 4.79 Å². The molecule has 10 heteroatoms. The molecule has 216 valence electrons. The molecule has 3 amide bonds. The number of nitrogens with zero attached hydrogens (tertiary/aromatic N) is 1. The summed E-state index contributed by atoms with van der Waals surface area (Å²) in [4.78, 5) is 54.6. The number of fused-ring (bicyclic) bond motifs is 1. The summed E-state index contributed by atoms with van der Waals surface area (Å²) in [6, 6.07) is 7.59. The summed E-state index contributed by atoms with van der Waals surface area (Å²) in [7, 11) is 0. The van der Waals surface area contributed by atoms with Crippen LogP contribution in [0, 0.1) is 11.8 Å². The van der Waals surface area contributed by atoms with E-state index >= 15 is 0 Å². The zero-order valence-corrected chi connectivity index (χ0v) is 24.0. The number of carbonyl (C=O) groups is 3. The first kappa shape index (κ1) is 29.7. The smallest absolute Gasteiger partial charge is 0.407 e. The van der Waals surface area contributed by atoms with Crippen LogP contribution in [0.5, 0.6) is 0 Å². The first-order valence-electron chi connectivity index (χ1n) is 14.3. The van der Waals surface area contributed by atoms with E-state index in [1.807, 2.05) is 31.2 Å². The third-order valence-electron chi connectivity index (χ3n) is 7.69. The van der Waals surface area contributed by atoms with Crippen LogP contribution in [0.3, 0.4) is 0 Å². The fourth-order valence-corrected chi connectivity index (χ4v) is 6.03. The molecule has 2 unspecified atom stereocenters. The molecule has 9 nitrogen and oxygen atoms in total. The number of allylic oxidation sites excluding steroid dienone is 1. The summed E-state index contributed by atoms with van der Waals surface area (Å²) < 4.78 is 8.25. The maximum Gasteiger partial charge on any atom is 0.407 e. The Morgan fingerprint density at radius 3 is 2.80 bits per heavy atom. The largest absolute Gasteiger partial charge is 0.450 e. The highest BCUT2D eigenvalue weighted by molar-refractivity contribution is 7.98. The summed E-state index contributed by atoms with van der Waals surface area (Å²) in [6.45, 7) is 6.50. The molecule has 1 saturated carbocycles. The summed E-state index contributed by atoms with van der Waals surface area (Å²) in [6.07, 6.45) is 9.94. The molecule has 0 bridgehead atoms. The highest BCUT2D eigenvalue weighted by Gasteiger charge is 2.41. The van der Waals surface area contributed by atoms with E-state index in [0.717, 1.165) is 55.9 Å². The number of H-pyrrole nitrogens is 1. The lowest BCUT2D eigenvalue weighted by atomic mass is 9.85. The Morgan fingerprint density at radius 1 is 1.20 bits per heavy atom. The van der Waals surface area contributed by atoms with Crippen LogP contribution in [-0.2, 0) is 20.7 Å². The molecule has 4 rings (SSSR count). The van der Waals surface area contributed by atoms with E-state index in [9.17, 15) is 19.2 Å². The van der Waals surface area contributed by atoms with Crippen molar-refractivity contribution in [1.82, 2.24) is 19.9 Å². The lowest BCUT2D eigenvalue weighted by Crippen LogP contribution is -2.50. The van der Waals surface area contributed by atoms with E-state index in [-0.39, 0.29) is 48.4 Å². The third-order valence-corrected chi connectivity index (χ3v) is 8.82. The van der Waals surface area contributed by atoms with E-state index in [0.29, 0.717) is 23.6 Å². The van der Waals surface area contributed by atoms with Gasteiger partial charge in [-0.3, -0.25) is 19.1 Å². The van der Waals surface area contributed by atoms with Gasteiger partial charge in [0.2, 0.25) is 11.8 Å². The first-order valence-corrected chi connectivity index (χ1v) is 15.1. The second kappa shape index (κ2) is 14.4. The molecular weight excluding hydrogens is 528 g/mol. The highest BCUT2D eigenvalue weighted by Crippen LogP contribution is 2.34. The number of benzene rings is 1. The predicted octanol–water partition coefficient (Wildman–Crippen LogP) is 4.32. The fourth-order valence-electron chi connectivity index (χ4n) is 5.24. The van der Waals surface area contributed by atoms with E-state index in [4.69, 9.17) is 4.74 Å². The van der Waals surface area contributed by atoms with E-state index < -0.39 is 6.09 Å². The topological polar surface area (TPSA) is 121 Å². The number of carbonyl (C=O) groups excluding carboxylic acids is 3. The molecule has 2 heterocycles. The molecular formula is C30H40N4O5S. The molecule has 3 N–H and O–H groups in total. The van der Waals surface area contributed by atoms with Crippen LogP contribution >= 0.6 is 11.9 Å². The lowest BCUT2D eigenvalue weighted by Gasteiger charge is -2.33. The number of hydrogen-bond donors (Lipinski definition) is 3. The molecule has 2 aromatic rings. The molecule has 1 aromatic carbocycles. The van der Waals surface area contributed by atoms with Crippen molar-refractivity contribution in [1.29, 1.82) is 0 Å². The van der Waals surface area contributed by atoms with E-state index in [1.165, 1.54) is 11.9 Å². The lowest BCUT2D eigenvalue weighted by molar-refractivity contribution is -0.135. The Morgan fingerprint density at radius 2 is 2.02 bits per heavy atom. The van der Waals surface area contributed by atoms with Gasteiger partial charge in [0.15, 0.2) is 0 Å². The summed E-state index contributed by atoms with van der Waals surface area (Å²) in [5.74, 6) is -0.731. The summed E-state index contributed by atoms with van der Waals surface area (Å²) in [5.41, 5.74) is 1.02. The molecule has 1 aliphatic carbocycles. The number of ether oxygens (including phenoxy) is 1. The number of likely N-dealkylation sites (tertiary alicyclic amines) is 1. The van der Waals surface area contributed by atoms with Crippen molar-refractivity contribution in [3.05, 3.63) is 59.0 Å². The van der Waals surface area contributed by atoms with Crippen molar-refractivity contribution in [2.45, 2.75) is 69.6 Å². The second-order valence-corrected chi connectivity index (χ2v) is 11.8. The van der Waals surface area contributed by atoms with Gasteiger partial charge in [0.25, 0.3) is 5.56 Å². The maximum atomic E-state index is 13.0. The molecule has 1 aliphatic heterocycles. The number of hydrogen-bond acceptors (Lipinski definition) is 6. The Labute approximate surface area is 239 Å². The van der Waals surface area contributed by atoms with Gasteiger partial charge in [0, 0.05) is 29.4 Å².